The summed E-state index contributed by atoms with van der Waals surface area (Å²) in [7, 11) is 0. The van der Waals surface area contributed by atoms with Gasteiger partial charge in [0.2, 0.25) is 0 Å². The van der Waals surface area contributed by atoms with E-state index >= 15 is 0 Å². The Hall–Kier alpha value is -3.65. The predicted octanol–water partition coefficient (Wildman–Crippen LogP) is 3.28. The van der Waals surface area contributed by atoms with Gasteiger partial charge >= 0.3 is 5.97 Å². The van der Waals surface area contributed by atoms with E-state index < -0.39 is 18.1 Å². The number of aromatic nitrogens is 1. The highest BCUT2D eigenvalue weighted by Crippen LogP contribution is 2.30. The fourth-order valence-corrected chi connectivity index (χ4v) is 5.04. The van der Waals surface area contributed by atoms with Crippen LogP contribution in [0.1, 0.15) is 43.0 Å². The van der Waals surface area contributed by atoms with Gasteiger partial charge in [0.05, 0.1) is 5.54 Å². The van der Waals surface area contributed by atoms with Gasteiger partial charge in [0.15, 0.2) is 12.4 Å². The number of hydrogen-bond donors (Lipinski definition) is 4. The highest BCUT2D eigenvalue weighted by molar-refractivity contribution is 5.98. The minimum absolute atomic E-state index is 0.0504. The van der Waals surface area contributed by atoms with E-state index in [-0.39, 0.29) is 18.0 Å². The number of nitrogens with two attached hydrogens (primary N) is 1. The normalized spacial score (nSPS) is 17.5. The van der Waals surface area contributed by atoms with Crippen molar-refractivity contribution in [3.8, 4) is 5.75 Å². The molecule has 5 N–H and O–H groups in total. The number of ketones is 1. The van der Waals surface area contributed by atoms with E-state index in [1.54, 1.807) is 18.2 Å². The smallest absolute Gasteiger partial charge is 0.341 e. The van der Waals surface area contributed by atoms with Gasteiger partial charge in [-0.15, -0.1) is 0 Å². The Morgan fingerprint density at radius 2 is 2.06 bits per heavy atom. The molecule has 0 radical (unpaired) electrons. The third-order valence-electron chi connectivity index (χ3n) is 6.83. The summed E-state index contributed by atoms with van der Waals surface area (Å²) in [4.78, 5) is 24.3. The van der Waals surface area contributed by atoms with Gasteiger partial charge in [0.25, 0.3) is 0 Å². The van der Waals surface area contributed by atoms with E-state index in [4.69, 9.17) is 21.0 Å². The summed E-state index contributed by atoms with van der Waals surface area (Å²) in [5.74, 6) is -0.399. The minimum atomic E-state index is -1.04. The van der Waals surface area contributed by atoms with Crippen LogP contribution >= 0.6 is 0 Å². The molecule has 0 spiro atoms. The number of aliphatic carboxylic acids is 1. The number of aryl methyl sites for hydroxylation is 2. The first-order chi connectivity index (χ1) is 16.8. The zero-order valence-electron chi connectivity index (χ0n) is 20.0. The summed E-state index contributed by atoms with van der Waals surface area (Å²) in [6.07, 6.45) is 3.44. The number of nitrogen functional groups attached to an aromatic ring is 1. The highest BCUT2D eigenvalue weighted by Gasteiger charge is 2.40. The summed E-state index contributed by atoms with van der Waals surface area (Å²) in [6, 6.07) is 15.1. The molecule has 1 aliphatic rings. The minimum Gasteiger partial charge on any atom is -0.482 e. The number of carboxylic acid groups (broad SMARTS) is 1. The van der Waals surface area contributed by atoms with Crippen LogP contribution in [-0.4, -0.2) is 46.0 Å². The van der Waals surface area contributed by atoms with Crippen molar-refractivity contribution in [1.29, 1.82) is 5.41 Å². The summed E-state index contributed by atoms with van der Waals surface area (Å²) < 4.78 is 7.51. The van der Waals surface area contributed by atoms with Gasteiger partial charge in [0, 0.05) is 29.7 Å². The van der Waals surface area contributed by atoms with Crippen LogP contribution in [0.25, 0.3) is 10.9 Å². The van der Waals surface area contributed by atoms with Crippen molar-refractivity contribution in [2.45, 2.75) is 51.1 Å². The van der Waals surface area contributed by atoms with Gasteiger partial charge < -0.3 is 25.5 Å². The molecule has 0 amide bonds. The average molecular weight is 477 g/mol. The van der Waals surface area contributed by atoms with Crippen LogP contribution in [0.3, 0.4) is 0 Å². The fraction of sp³-hybridized carbons (Fsp3) is 0.370. The second kappa shape index (κ2) is 10.3. The fourth-order valence-electron chi connectivity index (χ4n) is 5.04. The zero-order valence-corrected chi connectivity index (χ0v) is 20.0. The number of amidine groups is 1. The Balaban J connectivity index is 1.52. The lowest BCUT2D eigenvalue weighted by Gasteiger charge is -2.28. The van der Waals surface area contributed by atoms with Crippen LogP contribution in [-0.2, 0) is 29.0 Å². The summed E-state index contributed by atoms with van der Waals surface area (Å²) >= 11 is 0. The first-order valence-corrected chi connectivity index (χ1v) is 12.0. The number of Topliss-reactive ketones (excluding diaryl/α,β-unsaturated/α-hetero) is 1. The molecule has 3 aromatic rings. The average Bonchev–Trinajstić information content (AvgIpc) is 3.46. The van der Waals surface area contributed by atoms with Crippen molar-refractivity contribution in [3.05, 3.63) is 65.4 Å². The van der Waals surface area contributed by atoms with Gasteiger partial charge in [0.1, 0.15) is 11.6 Å². The molecule has 2 heterocycles. The van der Waals surface area contributed by atoms with E-state index in [2.05, 4.69) is 22.9 Å². The predicted molar refractivity (Wildman–Crippen MR) is 135 cm³/mol. The number of rotatable bonds is 11. The molecule has 8 nitrogen and oxygen atoms in total. The van der Waals surface area contributed by atoms with Gasteiger partial charge in [-0.1, -0.05) is 24.3 Å². The van der Waals surface area contributed by atoms with Crippen LogP contribution in [0.5, 0.6) is 5.75 Å². The molecule has 184 valence electrons. The van der Waals surface area contributed by atoms with Crippen LogP contribution < -0.4 is 15.8 Å². The van der Waals surface area contributed by atoms with Crippen LogP contribution in [0.2, 0.25) is 0 Å². The van der Waals surface area contributed by atoms with E-state index in [9.17, 15) is 9.59 Å². The Bertz CT molecular complexity index is 1260. The lowest BCUT2D eigenvalue weighted by molar-refractivity contribution is -0.139. The number of carbonyl (C=O) groups excluding carboxylic acids is 1. The SMILES string of the molecule is CCn1c(CC[C@@]2(C(=O)Cc3cccc(OCC(=O)O)c3)CCCN2)cc2ccc(C(=N)N)cc21. The maximum atomic E-state index is 13.5. The Kier molecular flexibility index (Phi) is 7.21. The Morgan fingerprint density at radius 3 is 2.74 bits per heavy atom. The van der Waals surface area contributed by atoms with Gasteiger partial charge in [-0.2, -0.15) is 0 Å². The molecule has 1 fully saturated rings. The lowest BCUT2D eigenvalue weighted by atomic mass is 9.83. The van der Waals surface area contributed by atoms with Crippen molar-refractivity contribution in [3.63, 3.8) is 0 Å². The third kappa shape index (κ3) is 5.38. The number of nitrogens with one attached hydrogen (secondary N) is 2. The lowest BCUT2D eigenvalue weighted by Crippen LogP contribution is -2.48. The number of nitrogens with zero attached hydrogens (tertiary/aromatic N) is 1. The largest absolute Gasteiger partial charge is 0.482 e. The monoisotopic (exact) mass is 476 g/mol. The molecule has 0 unspecified atom stereocenters. The van der Waals surface area contributed by atoms with Crippen molar-refractivity contribution in [2.75, 3.05) is 13.2 Å². The maximum Gasteiger partial charge on any atom is 0.341 e. The molecule has 4 rings (SSSR count). The molecule has 1 aliphatic heterocycles. The van der Waals surface area contributed by atoms with E-state index in [1.807, 2.05) is 24.3 Å². The number of fused-ring (bicyclic) bond motifs is 1. The number of ether oxygens (including phenoxy) is 1. The van der Waals surface area contributed by atoms with Crippen molar-refractivity contribution in [1.82, 2.24) is 9.88 Å². The van der Waals surface area contributed by atoms with Crippen LogP contribution in [0.15, 0.2) is 48.5 Å². The highest BCUT2D eigenvalue weighted by atomic mass is 16.5. The topological polar surface area (TPSA) is 130 Å². The van der Waals surface area contributed by atoms with E-state index in [0.29, 0.717) is 17.7 Å². The standard InChI is InChI=1S/C27H32N4O4/c1-2-31-21(15-19-7-8-20(26(28)29)16-23(19)31)9-11-27(10-4-12-30-27)24(32)14-18-5-3-6-22(13-18)35-17-25(33)34/h3,5-8,13,15-16,30H,2,4,9-12,14,17H2,1H3,(H3,28,29)(H,33,34)/t27-/m1/s1. The van der Waals surface area contributed by atoms with Crippen LogP contribution in [0, 0.1) is 5.41 Å². The van der Waals surface area contributed by atoms with Crippen molar-refractivity contribution < 1.29 is 19.4 Å². The van der Waals surface area contributed by atoms with Gasteiger partial charge in [-0.05, 0) is 74.4 Å². The molecular weight excluding hydrogens is 444 g/mol. The summed E-state index contributed by atoms with van der Waals surface area (Å²) in [5.41, 5.74) is 8.83. The quantitative estimate of drug-likeness (QED) is 0.248. The first kappa shape index (κ1) is 24.5. The third-order valence-corrected chi connectivity index (χ3v) is 6.83. The molecule has 2 aromatic carbocycles. The number of carboxylic acids is 1. The Labute approximate surface area is 204 Å². The molecule has 1 aromatic heterocycles. The molecule has 0 bridgehead atoms. The van der Waals surface area contributed by atoms with Gasteiger partial charge in [-0.25, -0.2) is 4.79 Å². The first-order valence-electron chi connectivity index (χ1n) is 12.0. The van der Waals surface area contributed by atoms with Crippen molar-refractivity contribution >= 4 is 28.5 Å². The second-order valence-corrected chi connectivity index (χ2v) is 9.11. The molecule has 1 atom stereocenters. The number of carbonyl (C=O) groups is 2. The molecule has 8 heteroatoms. The summed E-state index contributed by atoms with van der Waals surface area (Å²) in [6.45, 7) is 3.28. The number of benzene rings is 2. The second-order valence-electron chi connectivity index (χ2n) is 9.11. The maximum absolute atomic E-state index is 13.5. The molecule has 0 saturated carbocycles. The molecular formula is C27H32N4O4. The molecule has 0 aliphatic carbocycles. The van der Waals surface area contributed by atoms with Crippen LogP contribution in [0.4, 0.5) is 0 Å². The number of hydrogen-bond acceptors (Lipinski definition) is 5. The molecule has 35 heavy (non-hydrogen) atoms. The molecule has 1 saturated heterocycles. The summed E-state index contributed by atoms with van der Waals surface area (Å²) in [5, 5.41) is 21.2. The van der Waals surface area contributed by atoms with Crippen molar-refractivity contribution in [2.24, 2.45) is 5.73 Å². The zero-order chi connectivity index (χ0) is 25.0. The van der Waals surface area contributed by atoms with E-state index in [0.717, 1.165) is 54.5 Å². The Morgan fingerprint density at radius 1 is 1.23 bits per heavy atom. The van der Waals surface area contributed by atoms with Gasteiger partial charge in [-0.3, -0.25) is 10.2 Å². The van der Waals surface area contributed by atoms with E-state index in [1.165, 1.54) is 0 Å².